The first-order valence-corrected chi connectivity index (χ1v) is 7.92. The lowest BCUT2D eigenvalue weighted by Gasteiger charge is -2.15. The van der Waals surface area contributed by atoms with Crippen molar-refractivity contribution in [3.63, 3.8) is 0 Å². The first kappa shape index (κ1) is 13.1. The predicted octanol–water partition coefficient (Wildman–Crippen LogP) is 4.64. The van der Waals surface area contributed by atoms with Crippen molar-refractivity contribution in [2.45, 2.75) is 0 Å². The monoisotopic (exact) mass is 309 g/mol. The molecular weight excluding hydrogens is 294 g/mol. The Kier molecular flexibility index (Phi) is 2.51. The number of rotatable bonds is 1. The lowest BCUT2D eigenvalue weighted by Crippen LogP contribution is -2.21. The third kappa shape index (κ3) is 1.64. The molecule has 5 rings (SSSR count). The summed E-state index contributed by atoms with van der Waals surface area (Å²) < 4.78 is 0. The van der Waals surface area contributed by atoms with Crippen molar-refractivity contribution in [2.24, 2.45) is 16.5 Å². The maximum atomic E-state index is 5.67. The summed E-state index contributed by atoms with van der Waals surface area (Å²) >= 11 is 0. The SMILES string of the molecule is NC(N)=Nc1ccc2cccc3c4cccc5cccc(c1c23)c54. The minimum absolute atomic E-state index is 0.0779. The molecule has 0 bridgehead atoms. The highest BCUT2D eigenvalue weighted by Crippen LogP contribution is 2.43. The predicted molar refractivity (Wildman–Crippen MR) is 103 cm³/mol. The number of nitrogens with two attached hydrogens (primary N) is 2. The van der Waals surface area contributed by atoms with Crippen LogP contribution >= 0.6 is 0 Å². The number of aliphatic imine (C=N–C) groups is 1. The van der Waals surface area contributed by atoms with Gasteiger partial charge in [-0.3, -0.25) is 0 Å². The fourth-order valence-corrected chi connectivity index (χ4v) is 3.87. The number of guanidine groups is 1. The Hall–Kier alpha value is -3.33. The molecule has 3 heteroatoms. The van der Waals surface area contributed by atoms with Crippen molar-refractivity contribution in [3.05, 3.63) is 66.7 Å². The Morgan fingerprint density at radius 1 is 0.583 bits per heavy atom. The third-order valence-electron chi connectivity index (χ3n) is 4.74. The molecule has 0 radical (unpaired) electrons. The first-order chi connectivity index (χ1) is 11.7. The van der Waals surface area contributed by atoms with E-state index in [1.165, 1.54) is 37.7 Å². The average molecular weight is 309 g/mol. The van der Waals surface area contributed by atoms with Gasteiger partial charge in [0.25, 0.3) is 0 Å². The van der Waals surface area contributed by atoms with E-state index in [0.29, 0.717) is 0 Å². The molecule has 0 heterocycles. The van der Waals surface area contributed by atoms with Gasteiger partial charge in [-0.2, -0.15) is 0 Å². The highest BCUT2D eigenvalue weighted by Gasteiger charge is 2.14. The van der Waals surface area contributed by atoms with Gasteiger partial charge in [0.1, 0.15) is 0 Å². The molecule has 0 unspecified atom stereocenters. The van der Waals surface area contributed by atoms with Crippen LogP contribution in [0.5, 0.6) is 0 Å². The quantitative estimate of drug-likeness (QED) is 0.205. The molecule has 0 fully saturated rings. The van der Waals surface area contributed by atoms with E-state index in [9.17, 15) is 0 Å². The Labute approximate surface area is 138 Å². The Morgan fingerprint density at radius 3 is 1.83 bits per heavy atom. The molecule has 0 atom stereocenters. The molecule has 0 saturated carbocycles. The number of nitrogens with zero attached hydrogens (tertiary/aromatic N) is 1. The molecule has 0 spiro atoms. The molecule has 4 N–H and O–H groups in total. The number of fused-ring (bicyclic) bond motifs is 2. The zero-order valence-corrected chi connectivity index (χ0v) is 13.0. The van der Waals surface area contributed by atoms with E-state index >= 15 is 0 Å². The first-order valence-electron chi connectivity index (χ1n) is 7.92. The van der Waals surface area contributed by atoms with Gasteiger partial charge < -0.3 is 11.5 Å². The summed E-state index contributed by atoms with van der Waals surface area (Å²) in [4.78, 5) is 4.39. The summed E-state index contributed by atoms with van der Waals surface area (Å²) in [7, 11) is 0. The van der Waals surface area contributed by atoms with E-state index in [-0.39, 0.29) is 5.96 Å². The van der Waals surface area contributed by atoms with Crippen molar-refractivity contribution < 1.29 is 0 Å². The zero-order chi connectivity index (χ0) is 16.3. The largest absolute Gasteiger partial charge is 0.370 e. The van der Waals surface area contributed by atoms with Gasteiger partial charge >= 0.3 is 0 Å². The van der Waals surface area contributed by atoms with E-state index in [2.05, 4.69) is 65.7 Å². The molecule has 0 aliphatic heterocycles. The van der Waals surface area contributed by atoms with E-state index in [1.54, 1.807) is 0 Å². The summed E-state index contributed by atoms with van der Waals surface area (Å²) in [6, 6.07) is 23.3. The summed E-state index contributed by atoms with van der Waals surface area (Å²) in [5, 5.41) is 9.70. The second kappa shape index (κ2) is 4.59. The second-order valence-electron chi connectivity index (χ2n) is 6.11. The van der Waals surface area contributed by atoms with Crippen molar-refractivity contribution in [1.29, 1.82) is 0 Å². The van der Waals surface area contributed by atoms with Gasteiger partial charge in [0.2, 0.25) is 0 Å². The molecular formula is C21H15N3. The van der Waals surface area contributed by atoms with Gasteiger partial charge in [-0.1, -0.05) is 60.7 Å². The fourth-order valence-electron chi connectivity index (χ4n) is 3.87. The molecule has 0 amide bonds. The lowest BCUT2D eigenvalue weighted by atomic mass is 9.89. The maximum absolute atomic E-state index is 5.67. The van der Waals surface area contributed by atoms with Crippen LogP contribution in [0.3, 0.4) is 0 Å². The number of hydrogen-bond donors (Lipinski definition) is 2. The molecule has 114 valence electrons. The minimum Gasteiger partial charge on any atom is -0.370 e. The van der Waals surface area contributed by atoms with Crippen LogP contribution in [0.1, 0.15) is 0 Å². The van der Waals surface area contributed by atoms with Crippen molar-refractivity contribution in [2.75, 3.05) is 0 Å². The zero-order valence-electron chi connectivity index (χ0n) is 13.0. The van der Waals surface area contributed by atoms with Crippen molar-refractivity contribution in [1.82, 2.24) is 0 Å². The normalized spacial score (nSPS) is 11.7. The van der Waals surface area contributed by atoms with Crippen LogP contribution in [0.4, 0.5) is 5.69 Å². The summed E-state index contributed by atoms with van der Waals surface area (Å²) in [5.41, 5.74) is 12.2. The second-order valence-corrected chi connectivity index (χ2v) is 6.11. The molecule has 0 aliphatic rings. The van der Waals surface area contributed by atoms with Gasteiger partial charge in [0.15, 0.2) is 5.96 Å². The highest BCUT2D eigenvalue weighted by molar-refractivity contribution is 6.35. The summed E-state index contributed by atoms with van der Waals surface area (Å²) in [6.07, 6.45) is 0. The van der Waals surface area contributed by atoms with E-state index in [4.69, 9.17) is 11.5 Å². The van der Waals surface area contributed by atoms with Crippen LogP contribution in [0.15, 0.2) is 71.7 Å². The van der Waals surface area contributed by atoms with Crippen LogP contribution in [-0.4, -0.2) is 5.96 Å². The van der Waals surface area contributed by atoms with E-state index in [0.717, 1.165) is 11.1 Å². The molecule has 24 heavy (non-hydrogen) atoms. The molecule has 3 nitrogen and oxygen atoms in total. The molecule has 0 saturated heterocycles. The van der Waals surface area contributed by atoms with Gasteiger partial charge in [-0.05, 0) is 43.8 Å². The highest BCUT2D eigenvalue weighted by atomic mass is 15.0. The van der Waals surface area contributed by atoms with Gasteiger partial charge in [-0.15, -0.1) is 0 Å². The van der Waals surface area contributed by atoms with Crippen LogP contribution in [0, 0.1) is 0 Å². The lowest BCUT2D eigenvalue weighted by molar-refractivity contribution is 1.45. The van der Waals surface area contributed by atoms with Crippen LogP contribution < -0.4 is 11.5 Å². The van der Waals surface area contributed by atoms with Crippen molar-refractivity contribution >= 4 is 54.7 Å². The molecule has 5 aromatic carbocycles. The summed E-state index contributed by atoms with van der Waals surface area (Å²) in [5.74, 6) is 0.0779. The van der Waals surface area contributed by atoms with Crippen LogP contribution in [0.25, 0.3) is 43.1 Å². The fraction of sp³-hybridized carbons (Fsp3) is 0. The average Bonchev–Trinajstić information content (AvgIpc) is 2.59. The van der Waals surface area contributed by atoms with Gasteiger partial charge in [-0.25, -0.2) is 4.99 Å². The third-order valence-corrected chi connectivity index (χ3v) is 4.74. The van der Waals surface area contributed by atoms with E-state index < -0.39 is 0 Å². The smallest absolute Gasteiger partial charge is 0.191 e. The van der Waals surface area contributed by atoms with Crippen molar-refractivity contribution in [3.8, 4) is 0 Å². The van der Waals surface area contributed by atoms with Crippen LogP contribution in [0.2, 0.25) is 0 Å². The Bertz CT molecular complexity index is 1260. The minimum atomic E-state index is 0.0779. The molecule has 0 aromatic heterocycles. The topological polar surface area (TPSA) is 64.4 Å². The number of benzene rings is 5. The van der Waals surface area contributed by atoms with Gasteiger partial charge in [0, 0.05) is 5.39 Å². The van der Waals surface area contributed by atoms with E-state index in [1.807, 2.05) is 6.07 Å². The Morgan fingerprint density at radius 2 is 1.17 bits per heavy atom. The molecule has 0 aliphatic carbocycles. The maximum Gasteiger partial charge on any atom is 0.191 e. The summed E-state index contributed by atoms with van der Waals surface area (Å²) in [6.45, 7) is 0. The Balaban J connectivity index is 2.21. The molecule has 5 aromatic rings. The number of hydrogen-bond acceptors (Lipinski definition) is 1. The van der Waals surface area contributed by atoms with Gasteiger partial charge in [0.05, 0.1) is 5.69 Å². The standard InChI is InChI=1S/C21H15N3/c22-21(23)24-17-11-10-13-6-2-8-15-14-7-1-4-12-5-3-9-16(18(12)14)20(17)19(13)15/h1-11H,(H4,22,23,24). The van der Waals surface area contributed by atoms with Crippen LogP contribution in [-0.2, 0) is 0 Å².